The number of fused-ring (bicyclic) bond motifs is 1. The second-order valence-corrected chi connectivity index (χ2v) is 7.29. The number of hydrogen-bond donors (Lipinski definition) is 2. The van der Waals surface area contributed by atoms with E-state index in [1.54, 1.807) is 19.3 Å². The zero-order chi connectivity index (χ0) is 20.2. The Morgan fingerprint density at radius 1 is 1.33 bits per heavy atom. The molecule has 0 radical (unpaired) electrons. The third kappa shape index (κ3) is 5.00. The minimum Gasteiger partial charge on any atom is -0.356 e. The molecule has 1 aliphatic heterocycles. The zero-order valence-electron chi connectivity index (χ0n) is 17.2. The molecule has 1 unspecified atom stereocenters. The second-order valence-electron chi connectivity index (χ2n) is 7.29. The number of guanidine groups is 1. The fourth-order valence-electron chi connectivity index (χ4n) is 3.70. The smallest absolute Gasteiger partial charge is 0.191 e. The third-order valence-corrected chi connectivity index (χ3v) is 5.19. The van der Waals surface area contributed by atoms with E-state index in [1.807, 2.05) is 17.2 Å². The topological polar surface area (TPSA) is 69.8 Å². The van der Waals surface area contributed by atoms with Crippen LogP contribution in [0.1, 0.15) is 17.7 Å². The molecule has 0 aromatic carbocycles. The van der Waals surface area contributed by atoms with E-state index in [-0.39, 0.29) is 35.8 Å². The van der Waals surface area contributed by atoms with E-state index in [0.29, 0.717) is 12.4 Å². The molecule has 1 saturated heterocycles. The van der Waals surface area contributed by atoms with Crippen LogP contribution in [0.3, 0.4) is 0 Å². The summed E-state index contributed by atoms with van der Waals surface area (Å²) in [6.45, 7) is 4.26. The van der Waals surface area contributed by atoms with Crippen molar-refractivity contribution in [3.8, 4) is 0 Å². The van der Waals surface area contributed by atoms with Crippen molar-refractivity contribution in [2.24, 2.45) is 4.99 Å². The molecule has 30 heavy (non-hydrogen) atoms. The predicted octanol–water partition coefficient (Wildman–Crippen LogP) is 2.78. The summed E-state index contributed by atoms with van der Waals surface area (Å²) in [4.78, 5) is 15.2. The van der Waals surface area contributed by atoms with Crippen molar-refractivity contribution in [1.29, 1.82) is 0 Å². The van der Waals surface area contributed by atoms with Crippen molar-refractivity contribution < 1.29 is 4.39 Å². The van der Waals surface area contributed by atoms with Crippen molar-refractivity contribution in [3.63, 3.8) is 0 Å². The van der Waals surface area contributed by atoms with Crippen molar-refractivity contribution in [2.45, 2.75) is 25.8 Å². The molecule has 0 amide bonds. The molecule has 1 aliphatic rings. The van der Waals surface area contributed by atoms with E-state index in [4.69, 9.17) is 4.98 Å². The van der Waals surface area contributed by atoms with Gasteiger partial charge in [0.2, 0.25) is 0 Å². The van der Waals surface area contributed by atoms with Crippen LogP contribution in [0, 0.1) is 12.7 Å². The number of aliphatic imine (C=N–C) groups is 1. The number of imidazole rings is 1. The van der Waals surface area contributed by atoms with Crippen LogP contribution in [-0.2, 0) is 6.42 Å². The van der Waals surface area contributed by atoms with Gasteiger partial charge in [-0.15, -0.1) is 24.0 Å². The van der Waals surface area contributed by atoms with Gasteiger partial charge in [-0.3, -0.25) is 4.99 Å². The fourth-order valence-corrected chi connectivity index (χ4v) is 3.70. The molecule has 7 nitrogen and oxygen atoms in total. The van der Waals surface area contributed by atoms with E-state index in [2.05, 4.69) is 44.2 Å². The summed E-state index contributed by atoms with van der Waals surface area (Å²) < 4.78 is 16.0. The number of anilines is 1. The van der Waals surface area contributed by atoms with Gasteiger partial charge in [0.15, 0.2) is 17.6 Å². The Balaban J connectivity index is 0.00000256. The quantitative estimate of drug-likeness (QED) is 0.306. The minimum atomic E-state index is -0.279. The lowest BCUT2D eigenvalue weighted by Crippen LogP contribution is -2.45. The standard InChI is InChI=1S/C21H26FN7.HI/c1-15-5-4-11-28-13-16(26-19(15)28)7-10-25-21(23-2)27-17-8-12-29(14-17)20-18(22)6-3-9-24-20;/h3-6,9,11,13,17H,7-8,10,12,14H2,1-2H3,(H2,23,25,27);1H. The minimum absolute atomic E-state index is 0. The third-order valence-electron chi connectivity index (χ3n) is 5.19. The van der Waals surface area contributed by atoms with Crippen molar-refractivity contribution >= 4 is 41.4 Å². The summed E-state index contributed by atoms with van der Waals surface area (Å²) >= 11 is 0. The number of rotatable bonds is 5. The number of aromatic nitrogens is 3. The maximum Gasteiger partial charge on any atom is 0.191 e. The number of pyridine rings is 2. The average molecular weight is 523 g/mol. The summed E-state index contributed by atoms with van der Waals surface area (Å²) in [6, 6.07) is 7.35. The van der Waals surface area contributed by atoms with Gasteiger partial charge in [-0.05, 0) is 37.1 Å². The van der Waals surface area contributed by atoms with Crippen molar-refractivity contribution in [1.82, 2.24) is 25.0 Å². The molecular weight excluding hydrogens is 496 g/mol. The number of nitrogens with zero attached hydrogens (tertiary/aromatic N) is 5. The van der Waals surface area contributed by atoms with Crippen LogP contribution < -0.4 is 15.5 Å². The molecule has 2 N–H and O–H groups in total. The average Bonchev–Trinajstić information content (AvgIpc) is 3.35. The summed E-state index contributed by atoms with van der Waals surface area (Å²) in [6.07, 6.45) is 7.42. The van der Waals surface area contributed by atoms with E-state index in [1.165, 1.54) is 11.6 Å². The van der Waals surface area contributed by atoms with Gasteiger partial charge in [-0.2, -0.15) is 0 Å². The van der Waals surface area contributed by atoms with Crippen LogP contribution >= 0.6 is 24.0 Å². The van der Waals surface area contributed by atoms with E-state index < -0.39 is 0 Å². The highest BCUT2D eigenvalue weighted by atomic mass is 127. The molecule has 160 valence electrons. The highest BCUT2D eigenvalue weighted by Gasteiger charge is 2.25. The predicted molar refractivity (Wildman–Crippen MR) is 128 cm³/mol. The largest absolute Gasteiger partial charge is 0.356 e. The Kier molecular flexibility index (Phi) is 7.46. The zero-order valence-corrected chi connectivity index (χ0v) is 19.5. The van der Waals surface area contributed by atoms with Crippen LogP contribution in [-0.4, -0.2) is 53.1 Å². The van der Waals surface area contributed by atoms with Crippen LogP contribution in [0.15, 0.2) is 47.8 Å². The van der Waals surface area contributed by atoms with Crippen LogP contribution in [0.2, 0.25) is 0 Å². The normalized spacial score (nSPS) is 16.6. The Morgan fingerprint density at radius 2 is 2.20 bits per heavy atom. The van der Waals surface area contributed by atoms with E-state index in [0.717, 1.165) is 43.2 Å². The van der Waals surface area contributed by atoms with Crippen LogP contribution in [0.5, 0.6) is 0 Å². The van der Waals surface area contributed by atoms with Gasteiger partial charge < -0.3 is 19.9 Å². The first-order valence-corrected chi connectivity index (χ1v) is 9.90. The molecule has 0 spiro atoms. The molecule has 4 rings (SSSR count). The lowest BCUT2D eigenvalue weighted by atomic mass is 10.3. The lowest BCUT2D eigenvalue weighted by molar-refractivity contribution is 0.612. The SMILES string of the molecule is CN=C(NCCc1cn2cccc(C)c2n1)NC1CCN(c2ncccc2F)C1.I. The molecule has 4 heterocycles. The molecule has 0 saturated carbocycles. The first-order valence-electron chi connectivity index (χ1n) is 9.90. The number of aryl methyl sites for hydroxylation is 1. The summed E-state index contributed by atoms with van der Waals surface area (Å²) in [5, 5.41) is 6.78. The monoisotopic (exact) mass is 523 g/mol. The number of halogens is 2. The van der Waals surface area contributed by atoms with Gasteiger partial charge in [0.05, 0.1) is 5.69 Å². The second kappa shape index (κ2) is 10.1. The number of hydrogen-bond acceptors (Lipinski definition) is 4. The Morgan fingerprint density at radius 3 is 2.97 bits per heavy atom. The maximum atomic E-state index is 14.0. The highest BCUT2D eigenvalue weighted by molar-refractivity contribution is 14.0. The molecule has 0 bridgehead atoms. The lowest BCUT2D eigenvalue weighted by Gasteiger charge is -2.19. The Hall–Kier alpha value is -2.43. The van der Waals surface area contributed by atoms with E-state index in [9.17, 15) is 4.39 Å². The molecule has 0 aliphatic carbocycles. The van der Waals surface area contributed by atoms with Gasteiger partial charge in [0, 0.05) is 57.7 Å². The summed E-state index contributed by atoms with van der Waals surface area (Å²) in [5.41, 5.74) is 3.21. The summed E-state index contributed by atoms with van der Waals surface area (Å²) in [5.74, 6) is 0.888. The molecule has 9 heteroatoms. The van der Waals surface area contributed by atoms with Gasteiger partial charge in [0.25, 0.3) is 0 Å². The molecular formula is C21H27FIN7. The Labute approximate surface area is 192 Å². The van der Waals surface area contributed by atoms with Gasteiger partial charge in [-0.1, -0.05) is 6.07 Å². The molecule has 3 aromatic rings. The van der Waals surface area contributed by atoms with Gasteiger partial charge in [-0.25, -0.2) is 14.4 Å². The van der Waals surface area contributed by atoms with E-state index >= 15 is 0 Å². The summed E-state index contributed by atoms with van der Waals surface area (Å²) in [7, 11) is 1.76. The van der Waals surface area contributed by atoms with Gasteiger partial charge in [0.1, 0.15) is 5.65 Å². The van der Waals surface area contributed by atoms with Gasteiger partial charge >= 0.3 is 0 Å². The van der Waals surface area contributed by atoms with Crippen molar-refractivity contribution in [3.05, 3.63) is 59.9 Å². The molecule has 3 aromatic heterocycles. The maximum absolute atomic E-state index is 14.0. The van der Waals surface area contributed by atoms with Crippen molar-refractivity contribution in [2.75, 3.05) is 31.6 Å². The first kappa shape index (κ1) is 22.3. The fraction of sp³-hybridized carbons (Fsp3) is 0.381. The first-order chi connectivity index (χ1) is 14.1. The van der Waals surface area contributed by atoms with Crippen LogP contribution in [0.4, 0.5) is 10.2 Å². The number of nitrogens with one attached hydrogen (secondary N) is 2. The molecule has 1 fully saturated rings. The molecule has 1 atom stereocenters. The highest BCUT2D eigenvalue weighted by Crippen LogP contribution is 2.20. The Bertz CT molecular complexity index is 1020. The van der Waals surface area contributed by atoms with Crippen LogP contribution in [0.25, 0.3) is 5.65 Å².